The van der Waals surface area contributed by atoms with Crippen molar-refractivity contribution in [3.05, 3.63) is 35.9 Å². The summed E-state index contributed by atoms with van der Waals surface area (Å²) < 4.78 is 0. The first-order chi connectivity index (χ1) is 9.08. The van der Waals surface area contributed by atoms with Crippen LogP contribution < -0.4 is 11.1 Å². The normalized spacial score (nSPS) is 26.3. The van der Waals surface area contributed by atoms with Gasteiger partial charge in [-0.25, -0.2) is 0 Å². The number of fused-ring (bicyclic) bond motifs is 1. The Balaban J connectivity index is 1.88. The highest BCUT2D eigenvalue weighted by Crippen LogP contribution is 2.38. The Labute approximate surface area is 113 Å². The summed E-state index contributed by atoms with van der Waals surface area (Å²) in [4.78, 5) is 13.7. The zero-order chi connectivity index (χ0) is 13.6. The first-order valence-corrected chi connectivity index (χ1v) is 6.70. The zero-order valence-electron chi connectivity index (χ0n) is 11.1. The number of benzene rings is 1. The van der Waals surface area contributed by atoms with E-state index >= 15 is 0 Å². The van der Waals surface area contributed by atoms with Crippen molar-refractivity contribution in [3.8, 4) is 0 Å². The van der Waals surface area contributed by atoms with Crippen molar-refractivity contribution in [2.45, 2.75) is 38.4 Å². The smallest absolute Gasteiger partial charge is 0.220 e. The Morgan fingerprint density at radius 2 is 2.26 bits per heavy atom. The molecule has 0 aliphatic carbocycles. The zero-order valence-corrected chi connectivity index (χ0v) is 11.1. The molecule has 4 heteroatoms. The third-order valence-corrected chi connectivity index (χ3v) is 4.23. The Morgan fingerprint density at radius 3 is 2.95 bits per heavy atom. The van der Waals surface area contributed by atoms with Crippen LogP contribution in [0.4, 0.5) is 5.69 Å². The number of nitrogens with zero attached hydrogens (tertiary/aromatic N) is 1. The van der Waals surface area contributed by atoms with Crippen LogP contribution in [0.1, 0.15) is 30.9 Å². The standard InChI is InChI=1S/C15H19N3O/c1-9-14(6-7-15(19)17-9)18-8-12-11(10(18)2)4-3-5-13(12)16/h3-5,9,14H,2,6-8,16H2,1H3,(H,17,19). The molecule has 100 valence electrons. The van der Waals surface area contributed by atoms with Crippen molar-refractivity contribution in [1.82, 2.24) is 10.2 Å². The maximum Gasteiger partial charge on any atom is 0.220 e. The van der Waals surface area contributed by atoms with Gasteiger partial charge in [-0.3, -0.25) is 4.79 Å². The highest BCUT2D eigenvalue weighted by atomic mass is 16.1. The minimum atomic E-state index is 0.144. The van der Waals surface area contributed by atoms with Crippen molar-refractivity contribution < 1.29 is 4.79 Å². The van der Waals surface area contributed by atoms with Crippen LogP contribution in [0.25, 0.3) is 5.70 Å². The van der Waals surface area contributed by atoms with Gasteiger partial charge in [0.15, 0.2) is 0 Å². The monoisotopic (exact) mass is 257 g/mol. The Morgan fingerprint density at radius 1 is 1.47 bits per heavy atom. The molecule has 0 bridgehead atoms. The molecule has 4 nitrogen and oxygen atoms in total. The van der Waals surface area contributed by atoms with E-state index in [2.05, 4.69) is 29.8 Å². The molecule has 2 aliphatic heterocycles. The van der Waals surface area contributed by atoms with Gasteiger partial charge in [-0.2, -0.15) is 0 Å². The number of rotatable bonds is 1. The highest BCUT2D eigenvalue weighted by Gasteiger charge is 2.35. The summed E-state index contributed by atoms with van der Waals surface area (Å²) >= 11 is 0. The van der Waals surface area contributed by atoms with Crippen molar-refractivity contribution in [1.29, 1.82) is 0 Å². The number of carbonyl (C=O) groups is 1. The van der Waals surface area contributed by atoms with Crippen LogP contribution in [0.2, 0.25) is 0 Å². The maximum atomic E-state index is 11.4. The number of hydrogen-bond acceptors (Lipinski definition) is 3. The molecular formula is C15H19N3O. The van der Waals surface area contributed by atoms with Crippen molar-refractivity contribution >= 4 is 17.3 Å². The molecule has 2 unspecified atom stereocenters. The predicted octanol–water partition coefficient (Wildman–Crippen LogP) is 1.72. The molecule has 2 heterocycles. The number of anilines is 1. The Hall–Kier alpha value is -1.97. The summed E-state index contributed by atoms with van der Waals surface area (Å²) in [5.41, 5.74) is 10.2. The summed E-state index contributed by atoms with van der Waals surface area (Å²) in [6, 6.07) is 6.42. The average molecular weight is 257 g/mol. The highest BCUT2D eigenvalue weighted by molar-refractivity contribution is 5.78. The lowest BCUT2D eigenvalue weighted by molar-refractivity contribution is -0.124. The Kier molecular flexibility index (Phi) is 2.73. The summed E-state index contributed by atoms with van der Waals surface area (Å²) in [7, 11) is 0. The molecule has 1 aromatic rings. The van der Waals surface area contributed by atoms with Crippen molar-refractivity contribution in [2.75, 3.05) is 5.73 Å². The van der Waals surface area contributed by atoms with E-state index in [1.54, 1.807) is 0 Å². The van der Waals surface area contributed by atoms with E-state index in [0.29, 0.717) is 12.5 Å². The second-order valence-corrected chi connectivity index (χ2v) is 5.41. The second-order valence-electron chi connectivity index (χ2n) is 5.41. The fraction of sp³-hybridized carbons (Fsp3) is 0.400. The van der Waals surface area contributed by atoms with Gasteiger partial charge in [-0.15, -0.1) is 0 Å². The van der Waals surface area contributed by atoms with E-state index in [4.69, 9.17) is 5.73 Å². The van der Waals surface area contributed by atoms with Crippen molar-refractivity contribution in [2.24, 2.45) is 0 Å². The van der Waals surface area contributed by atoms with Gasteiger partial charge in [0, 0.05) is 47.6 Å². The SMILES string of the molecule is C=C1c2cccc(N)c2CN1C1CCC(=O)NC1C. The van der Waals surface area contributed by atoms with Crippen LogP contribution in [0.15, 0.2) is 24.8 Å². The molecular weight excluding hydrogens is 238 g/mol. The van der Waals surface area contributed by atoms with Gasteiger partial charge in [0.25, 0.3) is 0 Å². The van der Waals surface area contributed by atoms with Gasteiger partial charge in [0.05, 0.1) is 0 Å². The van der Waals surface area contributed by atoms with Gasteiger partial charge >= 0.3 is 0 Å². The van der Waals surface area contributed by atoms with E-state index in [1.165, 1.54) is 0 Å². The predicted molar refractivity (Wildman–Crippen MR) is 76.1 cm³/mol. The molecule has 0 saturated carbocycles. The second kappa shape index (κ2) is 4.30. The average Bonchev–Trinajstić information content (AvgIpc) is 2.69. The summed E-state index contributed by atoms with van der Waals surface area (Å²) in [6.07, 6.45) is 1.46. The van der Waals surface area contributed by atoms with E-state index in [1.807, 2.05) is 12.1 Å². The molecule has 2 atom stereocenters. The van der Waals surface area contributed by atoms with E-state index in [-0.39, 0.29) is 11.9 Å². The minimum absolute atomic E-state index is 0.144. The first kappa shape index (κ1) is 12.1. The molecule has 3 rings (SSSR count). The van der Waals surface area contributed by atoms with Crippen LogP contribution >= 0.6 is 0 Å². The number of carbonyl (C=O) groups excluding carboxylic acids is 1. The van der Waals surface area contributed by atoms with Gasteiger partial charge in [0.1, 0.15) is 0 Å². The fourth-order valence-electron chi connectivity index (χ4n) is 3.17. The summed E-state index contributed by atoms with van der Waals surface area (Å²) in [6.45, 7) is 7.06. The molecule has 0 radical (unpaired) electrons. The Bertz CT molecular complexity index is 552. The lowest BCUT2D eigenvalue weighted by Crippen LogP contribution is -2.52. The molecule has 3 N–H and O–H groups in total. The van der Waals surface area contributed by atoms with Gasteiger partial charge < -0.3 is 16.0 Å². The van der Waals surface area contributed by atoms with Crippen LogP contribution in [0.3, 0.4) is 0 Å². The van der Waals surface area contributed by atoms with Crippen molar-refractivity contribution in [3.63, 3.8) is 0 Å². The van der Waals surface area contributed by atoms with Crippen LogP contribution in [0.5, 0.6) is 0 Å². The summed E-state index contributed by atoms with van der Waals surface area (Å²) in [5.74, 6) is 0.144. The molecule has 0 aromatic heterocycles. The molecule has 1 aromatic carbocycles. The largest absolute Gasteiger partial charge is 0.398 e. The lowest BCUT2D eigenvalue weighted by Gasteiger charge is -2.38. The van der Waals surface area contributed by atoms with Crippen LogP contribution in [-0.2, 0) is 11.3 Å². The molecule has 1 saturated heterocycles. The van der Waals surface area contributed by atoms with Crippen LogP contribution in [0, 0.1) is 0 Å². The molecule has 1 amide bonds. The molecule has 19 heavy (non-hydrogen) atoms. The summed E-state index contributed by atoms with van der Waals surface area (Å²) in [5, 5.41) is 3.02. The molecule has 2 aliphatic rings. The van der Waals surface area contributed by atoms with Crippen LogP contribution in [-0.4, -0.2) is 22.9 Å². The number of nitrogens with two attached hydrogens (primary N) is 1. The number of piperidine rings is 1. The number of amides is 1. The topological polar surface area (TPSA) is 58.4 Å². The van der Waals surface area contributed by atoms with E-state index in [9.17, 15) is 4.79 Å². The van der Waals surface area contributed by atoms with E-state index in [0.717, 1.165) is 35.5 Å². The fourth-order valence-corrected chi connectivity index (χ4v) is 3.17. The minimum Gasteiger partial charge on any atom is -0.398 e. The molecule has 1 fully saturated rings. The number of nitrogens with one attached hydrogen (secondary N) is 1. The lowest BCUT2D eigenvalue weighted by atomic mass is 9.97. The number of hydrogen-bond donors (Lipinski definition) is 2. The quantitative estimate of drug-likeness (QED) is 0.753. The van der Waals surface area contributed by atoms with Gasteiger partial charge in [-0.05, 0) is 19.4 Å². The van der Waals surface area contributed by atoms with Gasteiger partial charge in [-0.1, -0.05) is 18.7 Å². The third kappa shape index (κ3) is 1.87. The maximum absolute atomic E-state index is 11.4. The van der Waals surface area contributed by atoms with E-state index < -0.39 is 0 Å². The molecule has 0 spiro atoms. The number of nitrogen functional groups attached to an aromatic ring is 1. The third-order valence-electron chi connectivity index (χ3n) is 4.23. The van der Waals surface area contributed by atoms with Gasteiger partial charge in [0.2, 0.25) is 5.91 Å². The first-order valence-electron chi connectivity index (χ1n) is 6.70.